The molecule has 1 aliphatic rings. The van der Waals surface area contributed by atoms with E-state index in [0.717, 1.165) is 6.26 Å². The summed E-state index contributed by atoms with van der Waals surface area (Å²) in [5.74, 6) is -0.516. The zero-order chi connectivity index (χ0) is 13.3. The third-order valence-electron chi connectivity index (χ3n) is 2.48. The maximum absolute atomic E-state index is 11.8. The predicted molar refractivity (Wildman–Crippen MR) is 62.0 cm³/mol. The molecule has 98 valence electrons. The van der Waals surface area contributed by atoms with E-state index in [2.05, 4.69) is 10.6 Å². The van der Waals surface area contributed by atoms with Gasteiger partial charge in [-0.3, -0.25) is 4.79 Å². The Labute approximate surface area is 100 Å². The Hall–Kier alpha value is -1.31. The molecule has 7 nitrogen and oxygen atoms in total. The fraction of sp³-hybridized carbons (Fsp3) is 0.778. The number of hydrogen-bond donors (Lipinski definition) is 3. The second kappa shape index (κ2) is 4.52. The van der Waals surface area contributed by atoms with Gasteiger partial charge in [0.2, 0.25) is 5.91 Å². The average Bonchev–Trinajstić information content (AvgIpc) is 2.80. The SMILES string of the molecule is CC(CS(C)(=O)=O)NC(=O)C1(NC(N)=O)CC1. The molecule has 0 aliphatic heterocycles. The first-order valence-electron chi connectivity index (χ1n) is 5.21. The van der Waals surface area contributed by atoms with Crippen LogP contribution in [0.5, 0.6) is 0 Å². The number of primary amides is 1. The maximum atomic E-state index is 11.8. The number of carbonyl (C=O) groups excluding carboxylic acids is 2. The third kappa shape index (κ3) is 4.22. The molecule has 8 heteroatoms. The molecule has 1 unspecified atom stereocenters. The van der Waals surface area contributed by atoms with E-state index in [-0.39, 0.29) is 11.7 Å². The van der Waals surface area contributed by atoms with Crippen LogP contribution in [0.15, 0.2) is 0 Å². The second-order valence-electron chi connectivity index (χ2n) is 4.54. The third-order valence-corrected chi connectivity index (χ3v) is 3.58. The molecular formula is C9H17N3O4S. The lowest BCUT2D eigenvalue weighted by Gasteiger charge is -2.19. The number of sulfone groups is 1. The summed E-state index contributed by atoms with van der Waals surface area (Å²) >= 11 is 0. The van der Waals surface area contributed by atoms with Gasteiger partial charge < -0.3 is 16.4 Å². The van der Waals surface area contributed by atoms with Gasteiger partial charge in [-0.25, -0.2) is 13.2 Å². The number of hydrogen-bond acceptors (Lipinski definition) is 4. The topological polar surface area (TPSA) is 118 Å². The van der Waals surface area contributed by atoms with Crippen LogP contribution in [0.3, 0.4) is 0 Å². The van der Waals surface area contributed by atoms with Gasteiger partial charge in [0, 0.05) is 12.3 Å². The highest BCUT2D eigenvalue weighted by molar-refractivity contribution is 7.90. The molecule has 0 aromatic heterocycles. The van der Waals surface area contributed by atoms with Crippen molar-refractivity contribution in [2.24, 2.45) is 5.73 Å². The van der Waals surface area contributed by atoms with Crippen molar-refractivity contribution in [1.29, 1.82) is 0 Å². The largest absolute Gasteiger partial charge is 0.352 e. The molecule has 1 rings (SSSR count). The van der Waals surface area contributed by atoms with Gasteiger partial charge in [-0.1, -0.05) is 0 Å². The van der Waals surface area contributed by atoms with E-state index in [1.54, 1.807) is 6.92 Å². The van der Waals surface area contributed by atoms with Crippen LogP contribution in [-0.4, -0.2) is 43.9 Å². The highest BCUT2D eigenvalue weighted by atomic mass is 32.2. The summed E-state index contributed by atoms with van der Waals surface area (Å²) < 4.78 is 22.1. The molecule has 0 saturated heterocycles. The van der Waals surface area contributed by atoms with Crippen LogP contribution in [0.1, 0.15) is 19.8 Å². The Morgan fingerprint density at radius 2 is 1.94 bits per heavy atom. The zero-order valence-corrected chi connectivity index (χ0v) is 10.6. The molecule has 0 aromatic carbocycles. The highest BCUT2D eigenvalue weighted by Crippen LogP contribution is 2.35. The van der Waals surface area contributed by atoms with Crippen LogP contribution < -0.4 is 16.4 Å². The first kappa shape index (κ1) is 13.8. The summed E-state index contributed by atoms with van der Waals surface area (Å²) in [6.45, 7) is 1.60. The molecule has 0 radical (unpaired) electrons. The Balaban J connectivity index is 2.52. The van der Waals surface area contributed by atoms with Crippen molar-refractivity contribution in [1.82, 2.24) is 10.6 Å². The number of amides is 3. The molecule has 1 atom stereocenters. The Morgan fingerprint density at radius 3 is 2.29 bits per heavy atom. The van der Waals surface area contributed by atoms with Crippen molar-refractivity contribution in [3.63, 3.8) is 0 Å². The Morgan fingerprint density at radius 1 is 1.41 bits per heavy atom. The van der Waals surface area contributed by atoms with E-state index >= 15 is 0 Å². The van der Waals surface area contributed by atoms with Crippen molar-refractivity contribution >= 4 is 21.8 Å². The van der Waals surface area contributed by atoms with Crippen LogP contribution in [0.2, 0.25) is 0 Å². The van der Waals surface area contributed by atoms with Crippen molar-refractivity contribution in [3.8, 4) is 0 Å². The zero-order valence-electron chi connectivity index (χ0n) is 9.82. The first-order valence-corrected chi connectivity index (χ1v) is 7.27. The summed E-state index contributed by atoms with van der Waals surface area (Å²) in [5, 5.41) is 4.93. The Bertz CT molecular complexity index is 428. The van der Waals surface area contributed by atoms with Gasteiger partial charge in [0.15, 0.2) is 0 Å². The van der Waals surface area contributed by atoms with E-state index in [4.69, 9.17) is 5.73 Å². The van der Waals surface area contributed by atoms with E-state index < -0.39 is 27.4 Å². The lowest BCUT2D eigenvalue weighted by Crippen LogP contribution is -2.53. The number of urea groups is 1. The molecule has 1 saturated carbocycles. The standard InChI is InChI=1S/C9H17N3O4S/c1-6(5-17(2,15)16)11-7(13)9(3-4-9)12-8(10)14/h6H,3-5H2,1-2H3,(H,11,13)(H3,10,12,14). The molecule has 0 spiro atoms. The highest BCUT2D eigenvalue weighted by Gasteiger charge is 2.51. The normalized spacial score (nSPS) is 19.2. The van der Waals surface area contributed by atoms with Gasteiger partial charge in [-0.15, -0.1) is 0 Å². The summed E-state index contributed by atoms with van der Waals surface area (Å²) in [7, 11) is -3.14. The van der Waals surface area contributed by atoms with Gasteiger partial charge in [-0.05, 0) is 19.8 Å². The quantitative estimate of drug-likeness (QED) is 0.573. The first-order chi connectivity index (χ1) is 7.65. The fourth-order valence-electron chi connectivity index (χ4n) is 1.63. The molecule has 4 N–H and O–H groups in total. The van der Waals surface area contributed by atoms with Crippen molar-refractivity contribution in [2.45, 2.75) is 31.3 Å². The summed E-state index contributed by atoms with van der Waals surface area (Å²) in [6, 6.07) is -1.25. The van der Waals surface area contributed by atoms with Gasteiger partial charge in [-0.2, -0.15) is 0 Å². The minimum atomic E-state index is -3.14. The minimum Gasteiger partial charge on any atom is -0.352 e. The molecule has 0 bridgehead atoms. The van der Waals surface area contributed by atoms with Crippen LogP contribution >= 0.6 is 0 Å². The lowest BCUT2D eigenvalue weighted by molar-refractivity contribution is -0.124. The molecule has 3 amide bonds. The van der Waals surface area contributed by atoms with E-state index in [0.29, 0.717) is 12.8 Å². The van der Waals surface area contributed by atoms with Gasteiger partial charge in [0.05, 0.1) is 5.75 Å². The number of rotatable bonds is 5. The molecule has 0 aromatic rings. The molecule has 1 fully saturated rings. The van der Waals surface area contributed by atoms with E-state index in [9.17, 15) is 18.0 Å². The van der Waals surface area contributed by atoms with Crippen LogP contribution in [0.25, 0.3) is 0 Å². The smallest absolute Gasteiger partial charge is 0.313 e. The lowest BCUT2D eigenvalue weighted by atomic mass is 10.2. The van der Waals surface area contributed by atoms with Gasteiger partial charge in [0.1, 0.15) is 15.4 Å². The summed E-state index contributed by atoms with van der Waals surface area (Å²) in [5.41, 5.74) is 4.03. The summed E-state index contributed by atoms with van der Waals surface area (Å²) in [4.78, 5) is 22.5. The average molecular weight is 263 g/mol. The number of nitrogens with one attached hydrogen (secondary N) is 2. The fourth-order valence-corrected chi connectivity index (χ4v) is 2.62. The van der Waals surface area contributed by atoms with Crippen molar-refractivity contribution < 1.29 is 18.0 Å². The number of nitrogens with two attached hydrogens (primary N) is 1. The number of carbonyl (C=O) groups is 2. The maximum Gasteiger partial charge on any atom is 0.313 e. The molecule has 0 heterocycles. The second-order valence-corrected chi connectivity index (χ2v) is 6.72. The molecular weight excluding hydrogens is 246 g/mol. The van der Waals surface area contributed by atoms with E-state index in [1.165, 1.54) is 0 Å². The van der Waals surface area contributed by atoms with E-state index in [1.807, 2.05) is 0 Å². The van der Waals surface area contributed by atoms with Gasteiger partial charge >= 0.3 is 6.03 Å². The summed E-state index contributed by atoms with van der Waals surface area (Å²) in [6.07, 6.45) is 2.14. The van der Waals surface area contributed by atoms with Crippen LogP contribution in [-0.2, 0) is 14.6 Å². The monoisotopic (exact) mass is 263 g/mol. The van der Waals surface area contributed by atoms with Gasteiger partial charge in [0.25, 0.3) is 0 Å². The molecule has 1 aliphatic carbocycles. The van der Waals surface area contributed by atoms with Crippen LogP contribution in [0.4, 0.5) is 4.79 Å². The molecule has 17 heavy (non-hydrogen) atoms. The Kier molecular flexibility index (Phi) is 3.65. The van der Waals surface area contributed by atoms with Crippen molar-refractivity contribution in [3.05, 3.63) is 0 Å². The van der Waals surface area contributed by atoms with Crippen molar-refractivity contribution in [2.75, 3.05) is 12.0 Å². The van der Waals surface area contributed by atoms with Crippen LogP contribution in [0, 0.1) is 0 Å². The minimum absolute atomic E-state index is 0.134. The predicted octanol–water partition coefficient (Wildman–Crippen LogP) is -1.26.